The second-order valence-corrected chi connectivity index (χ2v) is 8.85. The smallest absolute Gasteiger partial charge is 0.251 e. The first-order valence-corrected chi connectivity index (χ1v) is 11.3. The lowest BCUT2D eigenvalue weighted by Crippen LogP contribution is -2.53. The minimum absolute atomic E-state index is 0.127. The van der Waals surface area contributed by atoms with Crippen molar-refractivity contribution in [1.29, 1.82) is 0 Å². The number of benzene rings is 2. The van der Waals surface area contributed by atoms with Crippen molar-refractivity contribution < 1.29 is 19.1 Å². The summed E-state index contributed by atoms with van der Waals surface area (Å²) in [5.74, 6) is 0.994. The SMILES string of the molecule is COc1ccc(C(=O)N[C@H]2CCCC[C@H]2NC(=O)c2ccc(OC)c(Br)c2)cc1Br. The molecule has 2 atom stereocenters. The highest BCUT2D eigenvalue weighted by molar-refractivity contribution is 9.10. The molecular formula is C22H24Br2N2O4. The monoisotopic (exact) mass is 538 g/mol. The molecule has 0 bridgehead atoms. The molecule has 0 unspecified atom stereocenters. The normalized spacial score (nSPS) is 18.4. The molecule has 1 fully saturated rings. The van der Waals surface area contributed by atoms with Crippen molar-refractivity contribution in [1.82, 2.24) is 10.6 Å². The van der Waals surface area contributed by atoms with Gasteiger partial charge in [-0.15, -0.1) is 0 Å². The lowest BCUT2D eigenvalue weighted by atomic mass is 9.89. The molecule has 0 radical (unpaired) electrons. The van der Waals surface area contributed by atoms with E-state index in [4.69, 9.17) is 9.47 Å². The predicted octanol–water partition coefficient (Wildman–Crippen LogP) is 4.70. The molecule has 0 heterocycles. The standard InChI is InChI=1S/C22H24Br2N2O4/c1-29-19-9-7-13(11-15(19)23)21(27)25-17-5-3-4-6-18(17)26-22(28)14-8-10-20(30-2)16(24)12-14/h7-12,17-18H,3-6H2,1-2H3,(H,25,27)(H,26,28)/t17-,18+. The fraction of sp³-hybridized carbons (Fsp3) is 0.364. The molecule has 0 aliphatic heterocycles. The number of carbonyl (C=O) groups is 2. The van der Waals surface area contributed by atoms with Crippen LogP contribution in [0.2, 0.25) is 0 Å². The third-order valence-electron chi connectivity index (χ3n) is 5.23. The van der Waals surface area contributed by atoms with Crippen LogP contribution in [0.5, 0.6) is 11.5 Å². The Balaban J connectivity index is 1.68. The van der Waals surface area contributed by atoms with Crippen molar-refractivity contribution in [3.05, 3.63) is 56.5 Å². The van der Waals surface area contributed by atoms with Gasteiger partial charge < -0.3 is 20.1 Å². The highest BCUT2D eigenvalue weighted by atomic mass is 79.9. The van der Waals surface area contributed by atoms with Gasteiger partial charge in [-0.2, -0.15) is 0 Å². The summed E-state index contributed by atoms with van der Waals surface area (Å²) in [6, 6.07) is 10.2. The molecule has 30 heavy (non-hydrogen) atoms. The summed E-state index contributed by atoms with van der Waals surface area (Å²) in [6.45, 7) is 0. The van der Waals surface area contributed by atoms with Gasteiger partial charge >= 0.3 is 0 Å². The van der Waals surface area contributed by atoms with Crippen LogP contribution in [0, 0.1) is 0 Å². The van der Waals surface area contributed by atoms with Crippen LogP contribution in [0.4, 0.5) is 0 Å². The Hall–Kier alpha value is -2.06. The van der Waals surface area contributed by atoms with Crippen LogP contribution >= 0.6 is 31.9 Å². The van der Waals surface area contributed by atoms with Crippen molar-refractivity contribution in [3.63, 3.8) is 0 Å². The molecule has 1 aliphatic rings. The maximum absolute atomic E-state index is 12.8. The summed E-state index contributed by atoms with van der Waals surface area (Å²) in [7, 11) is 3.16. The summed E-state index contributed by atoms with van der Waals surface area (Å²) in [6.07, 6.45) is 3.66. The van der Waals surface area contributed by atoms with Crippen molar-refractivity contribution in [2.24, 2.45) is 0 Å². The van der Waals surface area contributed by atoms with Crippen LogP contribution < -0.4 is 20.1 Å². The molecule has 160 valence electrons. The van der Waals surface area contributed by atoms with Gasteiger partial charge in [0, 0.05) is 23.2 Å². The molecule has 1 saturated carbocycles. The number of amides is 2. The molecular weight excluding hydrogens is 516 g/mol. The van der Waals surface area contributed by atoms with E-state index in [1.165, 1.54) is 0 Å². The predicted molar refractivity (Wildman–Crippen MR) is 122 cm³/mol. The van der Waals surface area contributed by atoms with Gasteiger partial charge in [0.2, 0.25) is 0 Å². The maximum atomic E-state index is 12.8. The molecule has 2 aromatic carbocycles. The molecule has 0 spiro atoms. The van der Waals surface area contributed by atoms with Crippen LogP contribution in [-0.4, -0.2) is 38.1 Å². The third kappa shape index (κ3) is 5.35. The van der Waals surface area contributed by atoms with Crippen molar-refractivity contribution >= 4 is 43.7 Å². The van der Waals surface area contributed by atoms with Crippen LogP contribution in [0.15, 0.2) is 45.3 Å². The van der Waals surface area contributed by atoms with E-state index >= 15 is 0 Å². The van der Waals surface area contributed by atoms with E-state index in [0.717, 1.165) is 34.6 Å². The van der Waals surface area contributed by atoms with Crippen LogP contribution in [0.3, 0.4) is 0 Å². The number of hydrogen-bond donors (Lipinski definition) is 2. The van der Waals surface area contributed by atoms with E-state index in [1.54, 1.807) is 50.6 Å². The molecule has 6 nitrogen and oxygen atoms in total. The van der Waals surface area contributed by atoms with Crippen LogP contribution in [0.25, 0.3) is 0 Å². The molecule has 0 saturated heterocycles. The second-order valence-electron chi connectivity index (χ2n) is 7.14. The van der Waals surface area contributed by atoms with E-state index in [0.29, 0.717) is 22.6 Å². The van der Waals surface area contributed by atoms with Crippen LogP contribution in [0.1, 0.15) is 46.4 Å². The van der Waals surface area contributed by atoms with Gasteiger partial charge in [0.1, 0.15) is 11.5 Å². The Morgan fingerprint density at radius 3 is 1.53 bits per heavy atom. The fourth-order valence-corrected chi connectivity index (χ4v) is 4.68. The summed E-state index contributed by atoms with van der Waals surface area (Å²) in [5.41, 5.74) is 1.08. The number of carbonyl (C=O) groups excluding carboxylic acids is 2. The molecule has 0 aromatic heterocycles. The van der Waals surface area contributed by atoms with E-state index in [2.05, 4.69) is 42.5 Å². The van der Waals surface area contributed by atoms with Crippen LogP contribution in [-0.2, 0) is 0 Å². The lowest BCUT2D eigenvalue weighted by Gasteiger charge is -2.33. The molecule has 1 aliphatic carbocycles. The molecule has 2 aromatic rings. The molecule has 8 heteroatoms. The van der Waals surface area contributed by atoms with E-state index in [-0.39, 0.29) is 23.9 Å². The quantitative estimate of drug-likeness (QED) is 0.558. The minimum Gasteiger partial charge on any atom is -0.496 e. The highest BCUT2D eigenvalue weighted by Crippen LogP contribution is 2.27. The van der Waals surface area contributed by atoms with E-state index in [9.17, 15) is 9.59 Å². The number of rotatable bonds is 6. The Morgan fingerprint density at radius 1 is 0.800 bits per heavy atom. The zero-order chi connectivity index (χ0) is 21.7. The fourth-order valence-electron chi connectivity index (χ4n) is 3.60. The van der Waals surface area contributed by atoms with Gasteiger partial charge in [-0.1, -0.05) is 12.8 Å². The van der Waals surface area contributed by atoms with E-state index in [1.807, 2.05) is 0 Å². The first-order chi connectivity index (χ1) is 14.4. The average molecular weight is 540 g/mol. The van der Waals surface area contributed by atoms with Crippen molar-refractivity contribution in [2.75, 3.05) is 14.2 Å². The van der Waals surface area contributed by atoms with Gasteiger partial charge in [0.05, 0.1) is 23.2 Å². The molecule has 3 rings (SSSR count). The summed E-state index contributed by atoms with van der Waals surface area (Å²) in [4.78, 5) is 25.6. The van der Waals surface area contributed by atoms with Gasteiger partial charge in [-0.05, 0) is 81.1 Å². The Labute approximate surface area is 193 Å². The topological polar surface area (TPSA) is 76.7 Å². The number of halogens is 2. The Kier molecular flexibility index (Phi) is 7.77. The highest BCUT2D eigenvalue weighted by Gasteiger charge is 2.28. The molecule has 2 amide bonds. The zero-order valence-corrected chi connectivity index (χ0v) is 20.0. The lowest BCUT2D eigenvalue weighted by molar-refractivity contribution is 0.0862. The van der Waals surface area contributed by atoms with Gasteiger partial charge in [0.15, 0.2) is 0 Å². The Morgan fingerprint density at radius 2 is 1.20 bits per heavy atom. The zero-order valence-electron chi connectivity index (χ0n) is 16.8. The average Bonchev–Trinajstić information content (AvgIpc) is 2.74. The summed E-state index contributed by atoms with van der Waals surface area (Å²) < 4.78 is 11.9. The second kappa shape index (κ2) is 10.3. The Bertz CT molecular complexity index is 860. The van der Waals surface area contributed by atoms with Gasteiger partial charge in [-0.25, -0.2) is 0 Å². The number of ether oxygens (including phenoxy) is 2. The van der Waals surface area contributed by atoms with Crippen molar-refractivity contribution in [3.8, 4) is 11.5 Å². The number of hydrogen-bond acceptors (Lipinski definition) is 4. The minimum atomic E-state index is -0.170. The van der Waals surface area contributed by atoms with E-state index < -0.39 is 0 Å². The van der Waals surface area contributed by atoms with Crippen molar-refractivity contribution in [2.45, 2.75) is 37.8 Å². The maximum Gasteiger partial charge on any atom is 0.251 e. The summed E-state index contributed by atoms with van der Waals surface area (Å²) >= 11 is 6.83. The number of methoxy groups -OCH3 is 2. The summed E-state index contributed by atoms with van der Waals surface area (Å²) in [5, 5.41) is 6.18. The first kappa shape index (κ1) is 22.6. The van der Waals surface area contributed by atoms with Gasteiger partial charge in [-0.3, -0.25) is 9.59 Å². The first-order valence-electron chi connectivity index (χ1n) is 9.71. The van der Waals surface area contributed by atoms with Gasteiger partial charge in [0.25, 0.3) is 11.8 Å². The third-order valence-corrected chi connectivity index (χ3v) is 6.47. The largest absolute Gasteiger partial charge is 0.496 e. The number of nitrogens with one attached hydrogen (secondary N) is 2. The molecule has 2 N–H and O–H groups in total.